The van der Waals surface area contributed by atoms with Crippen LogP contribution >= 0.6 is 0 Å². The van der Waals surface area contributed by atoms with Crippen LogP contribution in [0.5, 0.6) is 0 Å². The van der Waals surface area contributed by atoms with Crippen LogP contribution in [0, 0.1) is 17.8 Å². The molecule has 126 valence electrons. The third kappa shape index (κ3) is 5.28. The third-order valence-electron chi connectivity index (χ3n) is 4.87. The Hall–Kier alpha value is -1.48. The fraction of sp³-hybridized carbons (Fsp3) is 0.600. The van der Waals surface area contributed by atoms with Crippen molar-refractivity contribution in [1.29, 1.82) is 0 Å². The molecule has 0 aromatic heterocycles. The molecule has 1 aromatic carbocycles. The molecule has 1 aliphatic carbocycles. The summed E-state index contributed by atoms with van der Waals surface area (Å²) >= 11 is 0. The van der Waals surface area contributed by atoms with Crippen molar-refractivity contribution >= 4 is 11.6 Å². The van der Waals surface area contributed by atoms with Gasteiger partial charge in [-0.25, -0.2) is 0 Å². The summed E-state index contributed by atoms with van der Waals surface area (Å²) in [5.74, 6) is 1.48. The van der Waals surface area contributed by atoms with Crippen LogP contribution in [0.25, 0.3) is 0 Å². The van der Waals surface area contributed by atoms with Gasteiger partial charge < -0.3 is 4.74 Å². The lowest BCUT2D eigenvalue weighted by molar-refractivity contribution is -0.128. The number of carbonyl (C=O) groups is 2. The Morgan fingerprint density at radius 2 is 1.87 bits per heavy atom. The summed E-state index contributed by atoms with van der Waals surface area (Å²) in [6, 6.07) is 8.97. The average molecular weight is 316 g/mol. The van der Waals surface area contributed by atoms with Crippen molar-refractivity contribution in [3.63, 3.8) is 0 Å². The number of Topliss-reactive ketones (excluding diaryl/α,β-unsaturated/α-hetero) is 2. The van der Waals surface area contributed by atoms with Gasteiger partial charge in [0.1, 0.15) is 6.61 Å². The van der Waals surface area contributed by atoms with E-state index in [2.05, 4.69) is 20.8 Å². The Bertz CT molecular complexity index is 521. The first-order valence-electron chi connectivity index (χ1n) is 8.69. The van der Waals surface area contributed by atoms with Crippen LogP contribution in [-0.4, -0.2) is 24.3 Å². The van der Waals surface area contributed by atoms with Gasteiger partial charge in [0, 0.05) is 5.56 Å². The van der Waals surface area contributed by atoms with Crippen LogP contribution in [0.4, 0.5) is 0 Å². The second-order valence-electron chi connectivity index (χ2n) is 7.18. The summed E-state index contributed by atoms with van der Waals surface area (Å²) < 4.78 is 5.92. The molecule has 3 heteroatoms. The molecular formula is C20H28O3. The normalized spacial score (nSPS) is 24.6. The van der Waals surface area contributed by atoms with E-state index in [0.717, 1.165) is 6.42 Å². The first-order valence-corrected chi connectivity index (χ1v) is 8.69. The molecule has 0 heterocycles. The van der Waals surface area contributed by atoms with Crippen molar-refractivity contribution in [3.05, 3.63) is 35.9 Å². The van der Waals surface area contributed by atoms with Crippen LogP contribution in [0.15, 0.2) is 30.3 Å². The molecule has 1 saturated carbocycles. The fourth-order valence-electron chi connectivity index (χ4n) is 3.46. The zero-order chi connectivity index (χ0) is 16.8. The molecule has 0 aliphatic heterocycles. The van der Waals surface area contributed by atoms with Crippen molar-refractivity contribution in [2.24, 2.45) is 17.8 Å². The van der Waals surface area contributed by atoms with Gasteiger partial charge in [-0.2, -0.15) is 0 Å². The average Bonchev–Trinajstić information content (AvgIpc) is 2.53. The van der Waals surface area contributed by atoms with E-state index in [0.29, 0.717) is 23.3 Å². The quantitative estimate of drug-likeness (QED) is 0.556. The molecule has 2 rings (SSSR count). The van der Waals surface area contributed by atoms with Crippen molar-refractivity contribution in [2.75, 3.05) is 6.61 Å². The van der Waals surface area contributed by atoms with Crippen LogP contribution < -0.4 is 0 Å². The maximum atomic E-state index is 12.1. The molecule has 0 saturated heterocycles. The highest BCUT2D eigenvalue weighted by atomic mass is 16.5. The SMILES string of the molecule is CC(C)[C@H]1CC[C@H](C)C[C@@H]1OCC(=O)CC(=O)c1ccccc1. The number of ether oxygens (including phenoxy) is 1. The second-order valence-corrected chi connectivity index (χ2v) is 7.18. The van der Waals surface area contributed by atoms with Crippen LogP contribution in [0.3, 0.4) is 0 Å². The molecule has 0 bridgehead atoms. The molecule has 23 heavy (non-hydrogen) atoms. The smallest absolute Gasteiger partial charge is 0.170 e. The highest BCUT2D eigenvalue weighted by molar-refractivity contribution is 6.08. The van der Waals surface area contributed by atoms with Crippen molar-refractivity contribution < 1.29 is 14.3 Å². The van der Waals surface area contributed by atoms with Gasteiger partial charge in [0.15, 0.2) is 11.6 Å². The molecule has 0 unspecified atom stereocenters. The summed E-state index contributed by atoms with van der Waals surface area (Å²) in [6.45, 7) is 6.74. The lowest BCUT2D eigenvalue weighted by Crippen LogP contribution is -2.35. The molecular weight excluding hydrogens is 288 g/mol. The summed E-state index contributed by atoms with van der Waals surface area (Å²) in [7, 11) is 0. The van der Waals surface area contributed by atoms with E-state index in [-0.39, 0.29) is 30.7 Å². The van der Waals surface area contributed by atoms with E-state index >= 15 is 0 Å². The maximum absolute atomic E-state index is 12.1. The predicted molar refractivity (Wildman–Crippen MR) is 91.5 cm³/mol. The summed E-state index contributed by atoms with van der Waals surface area (Å²) in [5, 5.41) is 0. The Morgan fingerprint density at radius 1 is 1.17 bits per heavy atom. The van der Waals surface area contributed by atoms with Gasteiger partial charge in [0.2, 0.25) is 0 Å². The minimum Gasteiger partial charge on any atom is -0.370 e. The minimum atomic E-state index is -0.128. The number of rotatable bonds is 7. The molecule has 0 amide bonds. The van der Waals surface area contributed by atoms with E-state index < -0.39 is 0 Å². The molecule has 0 spiro atoms. The number of hydrogen-bond donors (Lipinski definition) is 0. The Labute approximate surface area is 139 Å². The summed E-state index contributed by atoms with van der Waals surface area (Å²) in [6.07, 6.45) is 3.50. The first kappa shape index (κ1) is 17.9. The molecule has 3 atom stereocenters. The largest absolute Gasteiger partial charge is 0.370 e. The number of ketones is 2. The van der Waals surface area contributed by atoms with E-state index in [1.54, 1.807) is 12.1 Å². The second kappa shape index (κ2) is 8.39. The first-order chi connectivity index (χ1) is 11.0. The van der Waals surface area contributed by atoms with E-state index in [9.17, 15) is 9.59 Å². The summed E-state index contributed by atoms with van der Waals surface area (Å²) in [4.78, 5) is 24.1. The van der Waals surface area contributed by atoms with Gasteiger partial charge in [-0.15, -0.1) is 0 Å². The molecule has 0 N–H and O–H groups in total. The van der Waals surface area contributed by atoms with Gasteiger partial charge in [-0.1, -0.05) is 57.5 Å². The van der Waals surface area contributed by atoms with Gasteiger partial charge in [0.25, 0.3) is 0 Å². The zero-order valence-corrected chi connectivity index (χ0v) is 14.5. The van der Waals surface area contributed by atoms with E-state index in [4.69, 9.17) is 4.74 Å². The summed E-state index contributed by atoms with van der Waals surface area (Å²) in [5.41, 5.74) is 0.590. The predicted octanol–water partition coefficient (Wildman–Crippen LogP) is 4.31. The molecule has 3 nitrogen and oxygen atoms in total. The molecule has 0 radical (unpaired) electrons. The van der Waals surface area contributed by atoms with E-state index in [1.165, 1.54) is 12.8 Å². The number of benzene rings is 1. The van der Waals surface area contributed by atoms with Gasteiger partial charge in [0.05, 0.1) is 12.5 Å². The van der Waals surface area contributed by atoms with Crippen molar-refractivity contribution in [2.45, 2.75) is 52.6 Å². The number of carbonyl (C=O) groups excluding carboxylic acids is 2. The molecule has 1 aromatic rings. The standard InChI is InChI=1S/C20H28O3/c1-14(2)18-10-9-15(3)11-20(18)23-13-17(21)12-19(22)16-7-5-4-6-8-16/h4-8,14-15,18,20H,9-13H2,1-3H3/t15-,18+,20-/m0/s1. The lowest BCUT2D eigenvalue weighted by atomic mass is 9.75. The van der Waals surface area contributed by atoms with Crippen LogP contribution in [0.2, 0.25) is 0 Å². The lowest BCUT2D eigenvalue weighted by Gasteiger charge is -2.37. The highest BCUT2D eigenvalue weighted by Gasteiger charge is 2.31. The topological polar surface area (TPSA) is 43.4 Å². The van der Waals surface area contributed by atoms with Gasteiger partial charge in [-0.05, 0) is 30.6 Å². The Kier molecular flexibility index (Phi) is 6.52. The fourth-order valence-corrected chi connectivity index (χ4v) is 3.46. The maximum Gasteiger partial charge on any atom is 0.170 e. The number of hydrogen-bond acceptors (Lipinski definition) is 3. The third-order valence-corrected chi connectivity index (χ3v) is 4.87. The minimum absolute atomic E-state index is 0.0547. The van der Waals surface area contributed by atoms with Crippen molar-refractivity contribution in [1.82, 2.24) is 0 Å². The Balaban J connectivity index is 1.84. The van der Waals surface area contributed by atoms with Crippen molar-refractivity contribution in [3.8, 4) is 0 Å². The molecule has 1 fully saturated rings. The zero-order valence-electron chi connectivity index (χ0n) is 14.5. The monoisotopic (exact) mass is 316 g/mol. The van der Waals surface area contributed by atoms with Crippen LogP contribution in [0.1, 0.15) is 56.8 Å². The Morgan fingerprint density at radius 3 is 2.52 bits per heavy atom. The highest BCUT2D eigenvalue weighted by Crippen LogP contribution is 2.35. The molecule has 1 aliphatic rings. The van der Waals surface area contributed by atoms with E-state index in [1.807, 2.05) is 18.2 Å². The van der Waals surface area contributed by atoms with Gasteiger partial charge >= 0.3 is 0 Å². The van der Waals surface area contributed by atoms with Gasteiger partial charge in [-0.3, -0.25) is 9.59 Å². The van der Waals surface area contributed by atoms with Crippen LogP contribution in [-0.2, 0) is 9.53 Å².